The Hall–Kier alpha value is -3.28. The molecule has 2 heterocycles. The SMILES string of the molecule is Cc1cc(C)cc(Nc2ccc(C(=O)N(C)CCc3ccncc3)nn2)c1. The van der Waals surface area contributed by atoms with E-state index in [-0.39, 0.29) is 5.91 Å². The first kappa shape index (κ1) is 18.5. The Labute approximate surface area is 159 Å². The van der Waals surface area contributed by atoms with E-state index in [1.54, 1.807) is 36.5 Å². The van der Waals surface area contributed by atoms with Crippen molar-refractivity contribution in [2.24, 2.45) is 0 Å². The number of aromatic nitrogens is 3. The van der Waals surface area contributed by atoms with E-state index in [2.05, 4.69) is 26.6 Å². The van der Waals surface area contributed by atoms with Gasteiger partial charge in [-0.3, -0.25) is 9.78 Å². The van der Waals surface area contributed by atoms with Crippen LogP contribution in [0.25, 0.3) is 0 Å². The van der Waals surface area contributed by atoms with Crippen LogP contribution in [-0.2, 0) is 6.42 Å². The summed E-state index contributed by atoms with van der Waals surface area (Å²) in [4.78, 5) is 18.2. The summed E-state index contributed by atoms with van der Waals surface area (Å²) >= 11 is 0. The maximum absolute atomic E-state index is 12.5. The van der Waals surface area contributed by atoms with Crippen LogP contribution >= 0.6 is 0 Å². The Bertz CT molecular complexity index is 889. The molecule has 27 heavy (non-hydrogen) atoms. The highest BCUT2D eigenvalue weighted by atomic mass is 16.2. The average Bonchev–Trinajstić information content (AvgIpc) is 2.66. The van der Waals surface area contributed by atoms with Crippen molar-refractivity contribution in [3.05, 3.63) is 77.2 Å². The van der Waals surface area contributed by atoms with Gasteiger partial charge in [0.1, 0.15) is 0 Å². The largest absolute Gasteiger partial charge is 0.340 e. The number of rotatable bonds is 6. The van der Waals surface area contributed by atoms with Gasteiger partial charge in [0.15, 0.2) is 11.5 Å². The lowest BCUT2D eigenvalue weighted by Gasteiger charge is -2.16. The molecule has 0 aliphatic heterocycles. The maximum atomic E-state index is 12.5. The number of carbonyl (C=O) groups is 1. The molecule has 0 atom stereocenters. The van der Waals surface area contributed by atoms with Gasteiger partial charge in [0, 0.05) is 31.7 Å². The van der Waals surface area contributed by atoms with E-state index in [1.807, 2.05) is 38.1 Å². The minimum absolute atomic E-state index is 0.144. The number of hydrogen-bond donors (Lipinski definition) is 1. The second-order valence-corrected chi connectivity index (χ2v) is 6.64. The van der Waals surface area contributed by atoms with E-state index in [0.717, 1.165) is 17.7 Å². The Kier molecular flexibility index (Phi) is 5.76. The van der Waals surface area contributed by atoms with Crippen molar-refractivity contribution in [1.29, 1.82) is 0 Å². The highest BCUT2D eigenvalue weighted by molar-refractivity contribution is 5.92. The molecule has 0 saturated carbocycles. The summed E-state index contributed by atoms with van der Waals surface area (Å²) in [6, 6.07) is 13.6. The van der Waals surface area contributed by atoms with Crippen molar-refractivity contribution in [2.75, 3.05) is 18.9 Å². The van der Waals surface area contributed by atoms with Crippen LogP contribution in [0.2, 0.25) is 0 Å². The number of hydrogen-bond acceptors (Lipinski definition) is 5. The zero-order valence-electron chi connectivity index (χ0n) is 15.8. The third kappa shape index (κ3) is 5.10. The highest BCUT2D eigenvalue weighted by Crippen LogP contribution is 2.18. The van der Waals surface area contributed by atoms with Crippen LogP contribution in [0.15, 0.2) is 54.9 Å². The van der Waals surface area contributed by atoms with Gasteiger partial charge in [0.05, 0.1) is 0 Å². The molecule has 6 heteroatoms. The van der Waals surface area contributed by atoms with Crippen LogP contribution in [0.4, 0.5) is 11.5 Å². The Morgan fingerprint density at radius 2 is 1.70 bits per heavy atom. The quantitative estimate of drug-likeness (QED) is 0.727. The molecule has 1 N–H and O–H groups in total. The first-order valence-electron chi connectivity index (χ1n) is 8.85. The van der Waals surface area contributed by atoms with E-state index in [1.165, 1.54) is 11.1 Å². The number of nitrogens with zero attached hydrogens (tertiary/aromatic N) is 4. The van der Waals surface area contributed by atoms with E-state index in [4.69, 9.17) is 0 Å². The number of benzene rings is 1. The summed E-state index contributed by atoms with van der Waals surface area (Å²) < 4.78 is 0. The Morgan fingerprint density at radius 3 is 2.33 bits per heavy atom. The van der Waals surface area contributed by atoms with Crippen LogP contribution in [0.3, 0.4) is 0 Å². The molecular formula is C21H23N5O. The van der Waals surface area contributed by atoms with E-state index in [9.17, 15) is 4.79 Å². The van der Waals surface area contributed by atoms with E-state index < -0.39 is 0 Å². The molecule has 1 amide bonds. The van der Waals surface area contributed by atoms with Gasteiger partial charge in [-0.2, -0.15) is 0 Å². The number of likely N-dealkylation sites (N-methyl/N-ethyl adjacent to an activating group) is 1. The van der Waals surface area contributed by atoms with Crippen molar-refractivity contribution in [2.45, 2.75) is 20.3 Å². The molecule has 0 saturated heterocycles. The molecule has 1 aromatic carbocycles. The zero-order chi connectivity index (χ0) is 19.2. The van der Waals surface area contributed by atoms with Gasteiger partial charge in [0.25, 0.3) is 5.91 Å². The van der Waals surface area contributed by atoms with Crippen LogP contribution in [0.5, 0.6) is 0 Å². The first-order chi connectivity index (χ1) is 13.0. The zero-order valence-corrected chi connectivity index (χ0v) is 15.8. The molecule has 3 rings (SSSR count). The molecule has 138 valence electrons. The molecule has 0 fully saturated rings. The molecule has 3 aromatic rings. The first-order valence-corrected chi connectivity index (χ1v) is 8.85. The predicted molar refractivity (Wildman–Crippen MR) is 106 cm³/mol. The number of amides is 1. The molecule has 0 spiro atoms. The third-order valence-electron chi connectivity index (χ3n) is 4.21. The summed E-state index contributed by atoms with van der Waals surface area (Å²) in [5.41, 5.74) is 4.78. The number of carbonyl (C=O) groups excluding carboxylic acids is 1. The molecule has 0 aliphatic carbocycles. The predicted octanol–water partition coefficient (Wildman–Crippen LogP) is 3.55. The van der Waals surface area contributed by atoms with Gasteiger partial charge < -0.3 is 10.2 Å². The monoisotopic (exact) mass is 361 g/mol. The fourth-order valence-electron chi connectivity index (χ4n) is 2.85. The topological polar surface area (TPSA) is 71.0 Å². The smallest absolute Gasteiger partial charge is 0.274 e. The summed E-state index contributed by atoms with van der Waals surface area (Å²) in [6.45, 7) is 4.70. The van der Waals surface area contributed by atoms with E-state index in [0.29, 0.717) is 18.1 Å². The number of anilines is 2. The minimum Gasteiger partial charge on any atom is -0.340 e. The van der Waals surface area contributed by atoms with E-state index >= 15 is 0 Å². The van der Waals surface area contributed by atoms with Crippen LogP contribution in [0, 0.1) is 13.8 Å². The highest BCUT2D eigenvalue weighted by Gasteiger charge is 2.14. The lowest BCUT2D eigenvalue weighted by atomic mass is 10.1. The van der Waals surface area contributed by atoms with Gasteiger partial charge in [-0.1, -0.05) is 6.07 Å². The summed E-state index contributed by atoms with van der Waals surface area (Å²) in [5, 5.41) is 11.4. The molecule has 0 radical (unpaired) electrons. The summed E-state index contributed by atoms with van der Waals surface area (Å²) in [7, 11) is 1.77. The minimum atomic E-state index is -0.144. The Balaban J connectivity index is 1.61. The molecule has 0 bridgehead atoms. The van der Waals surface area contributed by atoms with Gasteiger partial charge in [0.2, 0.25) is 0 Å². The van der Waals surface area contributed by atoms with Crippen molar-refractivity contribution in [1.82, 2.24) is 20.1 Å². The fraction of sp³-hybridized carbons (Fsp3) is 0.238. The molecule has 0 unspecified atom stereocenters. The van der Waals surface area contributed by atoms with Crippen molar-refractivity contribution in [3.63, 3.8) is 0 Å². The van der Waals surface area contributed by atoms with Gasteiger partial charge in [-0.15, -0.1) is 10.2 Å². The van der Waals surface area contributed by atoms with Crippen molar-refractivity contribution in [3.8, 4) is 0 Å². The number of nitrogens with one attached hydrogen (secondary N) is 1. The second-order valence-electron chi connectivity index (χ2n) is 6.64. The second kappa shape index (κ2) is 8.40. The lowest BCUT2D eigenvalue weighted by Crippen LogP contribution is -2.29. The summed E-state index contributed by atoms with van der Waals surface area (Å²) in [5.74, 6) is 0.463. The molecule has 6 nitrogen and oxygen atoms in total. The lowest BCUT2D eigenvalue weighted by molar-refractivity contribution is 0.0789. The fourth-order valence-corrected chi connectivity index (χ4v) is 2.85. The molecule has 0 aliphatic rings. The number of pyridine rings is 1. The molecular weight excluding hydrogens is 338 g/mol. The van der Waals surface area contributed by atoms with Crippen molar-refractivity contribution >= 4 is 17.4 Å². The average molecular weight is 361 g/mol. The van der Waals surface area contributed by atoms with Crippen LogP contribution < -0.4 is 5.32 Å². The standard InChI is InChI=1S/C21H23N5O/c1-15-12-16(2)14-18(13-15)23-20-5-4-19(24-25-20)21(27)26(3)11-8-17-6-9-22-10-7-17/h4-7,9-10,12-14H,8,11H2,1-3H3,(H,23,25). The van der Waals surface area contributed by atoms with Crippen molar-refractivity contribution < 1.29 is 4.79 Å². The normalized spacial score (nSPS) is 10.5. The Morgan fingerprint density at radius 1 is 1.00 bits per heavy atom. The van der Waals surface area contributed by atoms with Gasteiger partial charge in [-0.25, -0.2) is 0 Å². The number of aryl methyl sites for hydroxylation is 2. The van der Waals surface area contributed by atoms with Gasteiger partial charge in [-0.05, 0) is 73.4 Å². The molecule has 2 aromatic heterocycles. The van der Waals surface area contributed by atoms with Crippen LogP contribution in [0.1, 0.15) is 27.2 Å². The van der Waals surface area contributed by atoms with Gasteiger partial charge >= 0.3 is 0 Å². The van der Waals surface area contributed by atoms with Crippen LogP contribution in [-0.4, -0.2) is 39.6 Å². The maximum Gasteiger partial charge on any atom is 0.274 e. The third-order valence-corrected chi connectivity index (χ3v) is 4.21. The summed E-state index contributed by atoms with van der Waals surface area (Å²) in [6.07, 6.45) is 4.28.